The molecule has 0 radical (unpaired) electrons. The Morgan fingerprint density at radius 3 is 2.00 bits per heavy atom. The van der Waals surface area contributed by atoms with Gasteiger partial charge in [-0.1, -0.05) is 45.6 Å². The summed E-state index contributed by atoms with van der Waals surface area (Å²) in [7, 11) is 3.23. The molecular weight excluding hydrogens is 302 g/mol. The number of hydrogen-bond donors (Lipinski definition) is 0. The lowest BCUT2D eigenvalue weighted by Crippen LogP contribution is -2.34. The first-order valence-corrected chi connectivity index (χ1v) is 9.14. The normalized spacial score (nSPS) is 10.5. The summed E-state index contributed by atoms with van der Waals surface area (Å²) in [4.78, 5) is 14.7. The summed E-state index contributed by atoms with van der Waals surface area (Å²) in [6, 6.07) is 5.70. The molecule has 1 rings (SSSR count). The first-order valence-electron chi connectivity index (χ1n) is 9.14. The molecule has 136 valence electrons. The Balaban J connectivity index is 2.70. The number of hydrogen-bond acceptors (Lipinski definition) is 3. The first-order chi connectivity index (χ1) is 11.7. The fourth-order valence-electron chi connectivity index (χ4n) is 2.74. The van der Waals surface area contributed by atoms with Crippen molar-refractivity contribution in [1.82, 2.24) is 4.90 Å². The van der Waals surface area contributed by atoms with E-state index < -0.39 is 0 Å². The number of carbonyl (C=O) groups excluding carboxylic acids is 1. The number of unbranched alkanes of at least 4 members (excludes halogenated alkanes) is 4. The number of ether oxygens (including phenoxy) is 2. The Labute approximate surface area is 147 Å². The molecule has 0 saturated carbocycles. The van der Waals surface area contributed by atoms with Crippen LogP contribution >= 0.6 is 0 Å². The molecule has 0 aliphatic rings. The lowest BCUT2D eigenvalue weighted by atomic mass is 10.1. The Hall–Kier alpha value is -1.71. The van der Waals surface area contributed by atoms with Crippen molar-refractivity contribution in [2.24, 2.45) is 0 Å². The van der Waals surface area contributed by atoms with Gasteiger partial charge in [0.05, 0.1) is 20.6 Å². The average Bonchev–Trinajstić information content (AvgIpc) is 2.60. The third-order valence-corrected chi connectivity index (χ3v) is 4.22. The molecule has 0 spiro atoms. The van der Waals surface area contributed by atoms with Crippen LogP contribution in [-0.2, 0) is 11.2 Å². The van der Waals surface area contributed by atoms with Gasteiger partial charge < -0.3 is 14.4 Å². The van der Waals surface area contributed by atoms with Crippen LogP contribution in [0.1, 0.15) is 57.9 Å². The molecule has 0 saturated heterocycles. The predicted molar refractivity (Wildman–Crippen MR) is 98.9 cm³/mol. The standard InChI is InChI=1S/C20H33NO3/c1-5-7-9-13-21(14-10-8-6-2)20(22)16-17-11-12-18(23-3)19(15-17)24-4/h11-12,15H,5-10,13-14,16H2,1-4H3. The molecular formula is C20H33NO3. The molecule has 0 aliphatic carbocycles. The molecule has 0 atom stereocenters. The van der Waals surface area contributed by atoms with Crippen molar-refractivity contribution >= 4 is 5.91 Å². The lowest BCUT2D eigenvalue weighted by Gasteiger charge is -2.23. The van der Waals surface area contributed by atoms with Gasteiger partial charge in [0, 0.05) is 13.1 Å². The van der Waals surface area contributed by atoms with Crippen molar-refractivity contribution < 1.29 is 14.3 Å². The van der Waals surface area contributed by atoms with Crippen LogP contribution in [0.5, 0.6) is 11.5 Å². The topological polar surface area (TPSA) is 38.8 Å². The van der Waals surface area contributed by atoms with Crippen LogP contribution in [0.2, 0.25) is 0 Å². The number of amides is 1. The smallest absolute Gasteiger partial charge is 0.226 e. The van der Waals surface area contributed by atoms with Gasteiger partial charge in [-0.2, -0.15) is 0 Å². The second-order valence-corrected chi connectivity index (χ2v) is 6.16. The Morgan fingerprint density at radius 2 is 1.50 bits per heavy atom. The summed E-state index contributed by atoms with van der Waals surface area (Å²) in [6.07, 6.45) is 7.28. The average molecular weight is 335 g/mol. The Morgan fingerprint density at radius 1 is 0.917 bits per heavy atom. The van der Waals surface area contributed by atoms with Gasteiger partial charge in [0.25, 0.3) is 0 Å². The van der Waals surface area contributed by atoms with Crippen molar-refractivity contribution in [3.63, 3.8) is 0 Å². The van der Waals surface area contributed by atoms with E-state index in [2.05, 4.69) is 13.8 Å². The monoisotopic (exact) mass is 335 g/mol. The predicted octanol–water partition coefficient (Wildman–Crippen LogP) is 4.46. The van der Waals surface area contributed by atoms with E-state index in [4.69, 9.17) is 9.47 Å². The summed E-state index contributed by atoms with van der Waals surface area (Å²) in [5.74, 6) is 1.57. The van der Waals surface area contributed by atoms with Gasteiger partial charge in [-0.3, -0.25) is 4.79 Å². The van der Waals surface area contributed by atoms with Gasteiger partial charge in [0.2, 0.25) is 5.91 Å². The lowest BCUT2D eigenvalue weighted by molar-refractivity contribution is -0.130. The molecule has 4 heteroatoms. The molecule has 1 amide bonds. The molecule has 0 heterocycles. The summed E-state index contributed by atoms with van der Waals surface area (Å²) in [5.41, 5.74) is 0.966. The number of methoxy groups -OCH3 is 2. The van der Waals surface area contributed by atoms with E-state index in [0.717, 1.165) is 31.5 Å². The second-order valence-electron chi connectivity index (χ2n) is 6.16. The number of carbonyl (C=O) groups is 1. The Bertz CT molecular complexity index is 478. The first kappa shape index (κ1) is 20.3. The van der Waals surface area contributed by atoms with E-state index in [1.54, 1.807) is 14.2 Å². The van der Waals surface area contributed by atoms with Gasteiger partial charge in [0.1, 0.15) is 0 Å². The zero-order valence-corrected chi connectivity index (χ0v) is 15.8. The van der Waals surface area contributed by atoms with Crippen LogP contribution in [0.4, 0.5) is 0 Å². The largest absolute Gasteiger partial charge is 0.493 e. The van der Waals surface area contributed by atoms with Gasteiger partial charge in [0.15, 0.2) is 11.5 Å². The molecule has 0 unspecified atom stereocenters. The molecule has 1 aromatic rings. The highest BCUT2D eigenvalue weighted by Crippen LogP contribution is 2.27. The van der Waals surface area contributed by atoms with Crippen LogP contribution in [0.3, 0.4) is 0 Å². The highest BCUT2D eigenvalue weighted by atomic mass is 16.5. The molecule has 0 bridgehead atoms. The van der Waals surface area contributed by atoms with E-state index in [0.29, 0.717) is 17.9 Å². The highest BCUT2D eigenvalue weighted by molar-refractivity contribution is 5.79. The minimum atomic E-state index is 0.203. The van der Waals surface area contributed by atoms with Crippen molar-refractivity contribution in [2.45, 2.75) is 58.8 Å². The van der Waals surface area contributed by atoms with Gasteiger partial charge in [-0.25, -0.2) is 0 Å². The van der Waals surface area contributed by atoms with E-state index in [1.165, 1.54) is 25.7 Å². The molecule has 0 N–H and O–H groups in total. The highest BCUT2D eigenvalue weighted by Gasteiger charge is 2.15. The molecule has 1 aromatic carbocycles. The van der Waals surface area contributed by atoms with E-state index in [1.807, 2.05) is 23.1 Å². The summed E-state index contributed by atoms with van der Waals surface area (Å²) >= 11 is 0. The maximum atomic E-state index is 12.7. The molecule has 0 aromatic heterocycles. The van der Waals surface area contributed by atoms with Crippen molar-refractivity contribution in [3.05, 3.63) is 23.8 Å². The van der Waals surface area contributed by atoms with Crippen LogP contribution in [0.15, 0.2) is 18.2 Å². The van der Waals surface area contributed by atoms with Crippen LogP contribution in [0.25, 0.3) is 0 Å². The third-order valence-electron chi connectivity index (χ3n) is 4.22. The summed E-state index contributed by atoms with van der Waals surface area (Å²) in [5, 5.41) is 0. The molecule has 4 nitrogen and oxygen atoms in total. The Kier molecular flexibility index (Phi) is 9.97. The quantitative estimate of drug-likeness (QED) is 0.530. The fourth-order valence-corrected chi connectivity index (χ4v) is 2.74. The van der Waals surface area contributed by atoms with Gasteiger partial charge in [-0.05, 0) is 30.5 Å². The van der Waals surface area contributed by atoms with Crippen molar-refractivity contribution in [1.29, 1.82) is 0 Å². The van der Waals surface area contributed by atoms with Gasteiger partial charge in [-0.15, -0.1) is 0 Å². The summed E-state index contributed by atoms with van der Waals surface area (Å²) < 4.78 is 10.6. The van der Waals surface area contributed by atoms with E-state index >= 15 is 0 Å². The molecule has 24 heavy (non-hydrogen) atoms. The van der Waals surface area contributed by atoms with Crippen molar-refractivity contribution in [2.75, 3.05) is 27.3 Å². The maximum absolute atomic E-state index is 12.7. The molecule has 0 fully saturated rings. The maximum Gasteiger partial charge on any atom is 0.226 e. The van der Waals surface area contributed by atoms with Gasteiger partial charge >= 0.3 is 0 Å². The van der Waals surface area contributed by atoms with Crippen LogP contribution in [0, 0.1) is 0 Å². The zero-order valence-electron chi connectivity index (χ0n) is 15.8. The summed E-state index contributed by atoms with van der Waals surface area (Å²) in [6.45, 7) is 6.10. The zero-order chi connectivity index (χ0) is 17.8. The van der Waals surface area contributed by atoms with Crippen LogP contribution < -0.4 is 9.47 Å². The van der Waals surface area contributed by atoms with Crippen LogP contribution in [-0.4, -0.2) is 38.1 Å². The number of nitrogens with zero attached hydrogens (tertiary/aromatic N) is 1. The third kappa shape index (κ3) is 6.81. The fraction of sp³-hybridized carbons (Fsp3) is 0.650. The minimum absolute atomic E-state index is 0.203. The number of rotatable bonds is 12. The molecule has 0 aliphatic heterocycles. The van der Waals surface area contributed by atoms with Crippen molar-refractivity contribution in [3.8, 4) is 11.5 Å². The minimum Gasteiger partial charge on any atom is -0.493 e. The number of benzene rings is 1. The SMILES string of the molecule is CCCCCN(CCCCC)C(=O)Cc1ccc(OC)c(OC)c1. The van der Waals surface area contributed by atoms with E-state index in [9.17, 15) is 4.79 Å². The second kappa shape index (κ2) is 11.8. The van der Waals surface area contributed by atoms with E-state index in [-0.39, 0.29) is 5.91 Å².